The molecule has 0 spiro atoms. The molecule has 1 fully saturated rings. The summed E-state index contributed by atoms with van der Waals surface area (Å²) in [5, 5.41) is 3.98. The Morgan fingerprint density at radius 3 is 2.43 bits per heavy atom. The van der Waals surface area contributed by atoms with Gasteiger partial charge in [-0.25, -0.2) is 22.7 Å². The highest BCUT2D eigenvalue weighted by molar-refractivity contribution is 6.00. The van der Waals surface area contributed by atoms with E-state index >= 15 is 0 Å². The fraction of sp³-hybridized carbons (Fsp3) is 0.316. The first kappa shape index (κ1) is 18.4. The number of carbonyl (C=O) groups excluding carboxylic acids is 1. The summed E-state index contributed by atoms with van der Waals surface area (Å²) in [7, 11) is 1.97. The van der Waals surface area contributed by atoms with Crippen molar-refractivity contribution in [1.29, 1.82) is 0 Å². The number of alkyl halides is 2. The van der Waals surface area contributed by atoms with Crippen LogP contribution in [0.1, 0.15) is 22.5 Å². The predicted octanol–water partition coefficient (Wildman–Crippen LogP) is 2.86. The normalized spacial score (nSPS) is 15.5. The lowest BCUT2D eigenvalue weighted by Gasteiger charge is -2.32. The molecule has 3 heterocycles. The topological polar surface area (TPSA) is 53.7 Å². The molecule has 0 aliphatic carbocycles. The van der Waals surface area contributed by atoms with E-state index in [1.165, 1.54) is 36.5 Å². The first-order valence-electron chi connectivity index (χ1n) is 8.84. The largest absolute Gasteiger partial charge is 0.336 e. The van der Waals surface area contributed by atoms with Crippen molar-refractivity contribution >= 4 is 11.6 Å². The van der Waals surface area contributed by atoms with Crippen LogP contribution in [0.5, 0.6) is 0 Å². The minimum atomic E-state index is -2.81. The zero-order valence-electron chi connectivity index (χ0n) is 15.1. The van der Waals surface area contributed by atoms with Crippen molar-refractivity contribution in [3.63, 3.8) is 0 Å². The monoisotopic (exact) mass is 389 g/mol. The van der Waals surface area contributed by atoms with E-state index in [0.717, 1.165) is 17.6 Å². The molecule has 1 aromatic carbocycles. The lowest BCUT2D eigenvalue weighted by Crippen LogP contribution is -2.47. The number of piperazine rings is 1. The number of benzene rings is 1. The van der Waals surface area contributed by atoms with Gasteiger partial charge in [0.2, 0.25) is 0 Å². The van der Waals surface area contributed by atoms with Crippen molar-refractivity contribution < 1.29 is 18.0 Å². The molecule has 1 amide bonds. The molecule has 0 atom stereocenters. The van der Waals surface area contributed by atoms with Crippen molar-refractivity contribution in [1.82, 2.24) is 24.4 Å². The van der Waals surface area contributed by atoms with Crippen molar-refractivity contribution in [2.75, 3.05) is 33.2 Å². The summed E-state index contributed by atoms with van der Waals surface area (Å²) in [5.41, 5.74) is 0.582. The van der Waals surface area contributed by atoms with Crippen molar-refractivity contribution in [3.8, 4) is 11.3 Å². The average molecular weight is 389 g/mol. The summed E-state index contributed by atoms with van der Waals surface area (Å²) in [6.07, 6.45) is -1.53. The zero-order valence-corrected chi connectivity index (χ0v) is 15.1. The summed E-state index contributed by atoms with van der Waals surface area (Å²) in [5.74, 6) is -0.721. The van der Waals surface area contributed by atoms with Crippen molar-refractivity contribution in [2.45, 2.75) is 6.43 Å². The molecule has 1 aliphatic heterocycles. The van der Waals surface area contributed by atoms with Crippen LogP contribution < -0.4 is 0 Å². The van der Waals surface area contributed by atoms with E-state index in [1.54, 1.807) is 4.90 Å². The number of hydrogen-bond donors (Lipinski definition) is 0. The minimum absolute atomic E-state index is 0.0704. The Hall–Kier alpha value is -2.94. The van der Waals surface area contributed by atoms with Gasteiger partial charge in [-0.3, -0.25) is 4.79 Å². The van der Waals surface area contributed by atoms with Gasteiger partial charge in [-0.1, -0.05) is 0 Å². The Morgan fingerprint density at radius 1 is 1.11 bits per heavy atom. The SMILES string of the molecule is CN1CCN(C(=O)c2cnn3c(C(F)F)cc(-c4ccc(F)cc4)nc23)CC1. The van der Waals surface area contributed by atoms with E-state index < -0.39 is 12.2 Å². The van der Waals surface area contributed by atoms with Crippen LogP contribution in [0, 0.1) is 5.82 Å². The van der Waals surface area contributed by atoms with Crippen LogP contribution in [-0.4, -0.2) is 63.5 Å². The molecule has 0 bridgehead atoms. The fourth-order valence-corrected chi connectivity index (χ4v) is 3.24. The Morgan fingerprint density at radius 2 is 1.79 bits per heavy atom. The number of amides is 1. The molecule has 28 heavy (non-hydrogen) atoms. The van der Waals surface area contributed by atoms with Crippen molar-refractivity contribution in [2.24, 2.45) is 0 Å². The molecule has 0 unspecified atom stereocenters. The number of aromatic nitrogens is 3. The maximum atomic E-state index is 13.6. The van der Waals surface area contributed by atoms with Crippen LogP contribution in [-0.2, 0) is 0 Å². The molecule has 1 aliphatic rings. The molecule has 146 valence electrons. The quantitative estimate of drug-likeness (QED) is 0.691. The molecule has 0 N–H and O–H groups in total. The fourth-order valence-electron chi connectivity index (χ4n) is 3.24. The van der Waals surface area contributed by atoms with E-state index in [1.807, 2.05) is 7.05 Å². The Balaban J connectivity index is 1.80. The second kappa shape index (κ2) is 7.23. The number of likely N-dealkylation sites (N-methyl/N-ethyl adjacent to an activating group) is 1. The third-order valence-electron chi connectivity index (χ3n) is 4.88. The molecule has 3 aromatic rings. The number of hydrogen-bond acceptors (Lipinski definition) is 4. The maximum absolute atomic E-state index is 13.6. The highest BCUT2D eigenvalue weighted by atomic mass is 19.3. The Kier molecular flexibility index (Phi) is 4.76. The number of halogens is 3. The first-order valence-corrected chi connectivity index (χ1v) is 8.84. The summed E-state index contributed by atoms with van der Waals surface area (Å²) in [4.78, 5) is 21.1. The molecule has 6 nitrogen and oxygen atoms in total. The number of fused-ring (bicyclic) bond motifs is 1. The molecule has 9 heteroatoms. The van der Waals surface area contributed by atoms with E-state index in [0.29, 0.717) is 18.7 Å². The van der Waals surface area contributed by atoms with Gasteiger partial charge in [-0.15, -0.1) is 0 Å². The van der Waals surface area contributed by atoms with E-state index in [-0.39, 0.29) is 28.5 Å². The van der Waals surface area contributed by atoms with Crippen LogP contribution in [0.15, 0.2) is 36.5 Å². The van der Waals surface area contributed by atoms with Gasteiger partial charge < -0.3 is 9.80 Å². The van der Waals surface area contributed by atoms with Crippen LogP contribution in [0.4, 0.5) is 13.2 Å². The average Bonchev–Trinajstić information content (AvgIpc) is 3.11. The van der Waals surface area contributed by atoms with Crippen LogP contribution in [0.3, 0.4) is 0 Å². The predicted molar refractivity (Wildman–Crippen MR) is 96.7 cm³/mol. The molecule has 4 rings (SSSR count). The second-order valence-corrected chi connectivity index (χ2v) is 6.76. The summed E-state index contributed by atoms with van der Waals surface area (Å²) in [6, 6.07) is 6.59. The summed E-state index contributed by atoms with van der Waals surface area (Å²) in [6.45, 7) is 2.57. The van der Waals surface area contributed by atoms with Gasteiger partial charge in [0.15, 0.2) is 5.65 Å². The lowest BCUT2D eigenvalue weighted by molar-refractivity contribution is 0.0665. The Bertz CT molecular complexity index is 1010. The van der Waals surface area contributed by atoms with Gasteiger partial charge in [0, 0.05) is 31.7 Å². The second-order valence-electron chi connectivity index (χ2n) is 6.76. The third kappa shape index (κ3) is 3.33. The first-order chi connectivity index (χ1) is 13.4. The van der Waals surface area contributed by atoms with E-state index in [4.69, 9.17) is 0 Å². The molecule has 1 saturated heterocycles. The van der Waals surface area contributed by atoms with Gasteiger partial charge in [-0.2, -0.15) is 5.10 Å². The standard InChI is InChI=1S/C19H18F3N5O/c1-25-6-8-26(9-7-25)19(28)14-11-23-27-16(17(21)22)10-15(24-18(14)27)12-2-4-13(20)5-3-12/h2-5,10-11,17H,6-9H2,1H3. The minimum Gasteiger partial charge on any atom is -0.336 e. The van der Waals surface area contributed by atoms with Gasteiger partial charge >= 0.3 is 0 Å². The Labute approximate surface area is 159 Å². The van der Waals surface area contributed by atoms with Crippen LogP contribution >= 0.6 is 0 Å². The number of nitrogens with zero attached hydrogens (tertiary/aromatic N) is 5. The van der Waals surface area contributed by atoms with Gasteiger partial charge in [0.1, 0.15) is 17.1 Å². The van der Waals surface area contributed by atoms with Gasteiger partial charge in [0.25, 0.3) is 12.3 Å². The molecule has 2 aromatic heterocycles. The molecular weight excluding hydrogens is 371 g/mol. The summed E-state index contributed by atoms with van der Waals surface area (Å²) < 4.78 is 41.4. The van der Waals surface area contributed by atoms with Crippen molar-refractivity contribution in [3.05, 3.63) is 53.6 Å². The maximum Gasteiger partial charge on any atom is 0.280 e. The summed E-state index contributed by atoms with van der Waals surface area (Å²) >= 11 is 0. The van der Waals surface area contributed by atoms with Crippen LogP contribution in [0.25, 0.3) is 16.9 Å². The molecular formula is C19H18F3N5O. The smallest absolute Gasteiger partial charge is 0.280 e. The lowest BCUT2D eigenvalue weighted by atomic mass is 10.1. The third-order valence-corrected chi connectivity index (χ3v) is 4.88. The van der Waals surface area contributed by atoms with E-state index in [2.05, 4.69) is 15.0 Å². The van der Waals surface area contributed by atoms with E-state index in [9.17, 15) is 18.0 Å². The number of carbonyl (C=O) groups is 1. The highest BCUT2D eigenvalue weighted by Gasteiger charge is 2.26. The molecule has 0 saturated carbocycles. The highest BCUT2D eigenvalue weighted by Crippen LogP contribution is 2.27. The molecule has 0 radical (unpaired) electrons. The van der Waals surface area contributed by atoms with Crippen LogP contribution in [0.2, 0.25) is 0 Å². The van der Waals surface area contributed by atoms with Gasteiger partial charge in [-0.05, 0) is 37.4 Å². The zero-order chi connectivity index (χ0) is 19.8. The number of rotatable bonds is 3. The van der Waals surface area contributed by atoms with Gasteiger partial charge in [0.05, 0.1) is 11.9 Å².